The zero-order valence-corrected chi connectivity index (χ0v) is 13.9. The second kappa shape index (κ2) is 6.45. The van der Waals surface area contributed by atoms with Crippen LogP contribution < -0.4 is 4.74 Å². The minimum atomic E-state index is -0.650. The van der Waals surface area contributed by atoms with Gasteiger partial charge in [-0.1, -0.05) is 12.5 Å². The summed E-state index contributed by atoms with van der Waals surface area (Å²) in [6.07, 6.45) is 2.90. The molecule has 22 heavy (non-hydrogen) atoms. The number of piperidine rings is 1. The third kappa shape index (κ3) is 2.81. The average Bonchev–Trinajstić information content (AvgIpc) is 2.48. The molecule has 1 aromatic carbocycles. The van der Waals surface area contributed by atoms with Gasteiger partial charge in [0.2, 0.25) is 0 Å². The van der Waals surface area contributed by atoms with E-state index < -0.39 is 11.7 Å². The molecule has 1 N–H and O–H groups in total. The molecule has 0 bridgehead atoms. The Morgan fingerprint density at radius 2 is 1.95 bits per heavy atom. The van der Waals surface area contributed by atoms with E-state index in [-0.39, 0.29) is 18.4 Å². The van der Waals surface area contributed by atoms with Crippen LogP contribution in [-0.2, 0) is 0 Å². The van der Waals surface area contributed by atoms with Crippen LogP contribution in [0.3, 0.4) is 0 Å². The zero-order valence-electron chi connectivity index (χ0n) is 13.1. The average molecular weight is 323 g/mol. The van der Waals surface area contributed by atoms with Crippen LogP contribution in [0.15, 0.2) is 18.2 Å². The maximum absolute atomic E-state index is 10.8. The van der Waals surface area contributed by atoms with E-state index in [4.69, 9.17) is 4.74 Å². The van der Waals surface area contributed by atoms with Crippen LogP contribution in [0.1, 0.15) is 50.3 Å². The smallest absolute Gasteiger partial charge is 0.131 e. The monoisotopic (exact) mass is 322 g/mol. The number of nitriles is 1. The third-order valence-electron chi connectivity index (χ3n) is 4.65. The lowest BCUT2D eigenvalue weighted by atomic mass is 9.83. The fraction of sp³-hybridized carbons (Fsp3) is 0.588. The first-order valence-corrected chi connectivity index (χ1v) is 7.69. The highest BCUT2D eigenvalue weighted by Gasteiger charge is 2.46. The largest absolute Gasteiger partial charge is 0.485 e. The molecule has 2 atom stereocenters. The second-order valence-corrected chi connectivity index (χ2v) is 6.52. The molecule has 2 heterocycles. The molecule has 2 aliphatic rings. The highest BCUT2D eigenvalue weighted by Crippen LogP contribution is 2.44. The number of aliphatic hydroxyl groups is 1. The van der Waals surface area contributed by atoms with Crippen molar-refractivity contribution in [2.75, 3.05) is 13.1 Å². The standard InChI is InChI=1S/C17H22N2O2.ClH/c1-17(2)16(20)15(19-9-4-3-5-10-19)14-12(11-18)7-6-8-13(14)21-17;/h6-8,15-16,20H,3-5,9-10H2,1-2H3;1H/t15-,16+;/m1./s1. The maximum Gasteiger partial charge on any atom is 0.131 e. The summed E-state index contributed by atoms with van der Waals surface area (Å²) in [5.41, 5.74) is 0.815. The SMILES string of the molecule is CC1(C)Oc2cccc(C#N)c2[C@@H](N2CCCCC2)[C@@H]1O.Cl. The Hall–Kier alpha value is -1.28. The number of hydrogen-bond donors (Lipinski definition) is 1. The molecule has 120 valence electrons. The van der Waals surface area contributed by atoms with Crippen molar-refractivity contribution < 1.29 is 9.84 Å². The molecule has 0 aromatic heterocycles. The van der Waals surface area contributed by atoms with Crippen molar-refractivity contribution >= 4 is 12.4 Å². The molecular formula is C17H23ClN2O2. The Labute approximate surface area is 138 Å². The van der Waals surface area contributed by atoms with Gasteiger partial charge in [-0.25, -0.2) is 0 Å². The predicted molar refractivity (Wildman–Crippen MR) is 87.3 cm³/mol. The first-order chi connectivity index (χ1) is 10.0. The van der Waals surface area contributed by atoms with Crippen LogP contribution in [0.4, 0.5) is 0 Å². The Bertz CT molecular complexity index is 577. The van der Waals surface area contributed by atoms with E-state index in [9.17, 15) is 10.4 Å². The first kappa shape index (κ1) is 17.1. The molecule has 1 saturated heterocycles. The van der Waals surface area contributed by atoms with Gasteiger partial charge in [0.25, 0.3) is 0 Å². The summed E-state index contributed by atoms with van der Waals surface area (Å²) >= 11 is 0. The predicted octanol–water partition coefficient (Wildman–Crippen LogP) is 3.04. The number of rotatable bonds is 1. The number of likely N-dealkylation sites (tertiary alicyclic amines) is 1. The minimum Gasteiger partial charge on any atom is -0.485 e. The van der Waals surface area contributed by atoms with Gasteiger partial charge in [0.1, 0.15) is 17.5 Å². The summed E-state index contributed by atoms with van der Waals surface area (Å²) in [4.78, 5) is 2.32. The molecule has 4 nitrogen and oxygen atoms in total. The summed E-state index contributed by atoms with van der Waals surface area (Å²) in [7, 11) is 0. The fourth-order valence-electron chi connectivity index (χ4n) is 3.50. The van der Waals surface area contributed by atoms with Gasteiger partial charge in [-0.3, -0.25) is 4.90 Å². The summed E-state index contributed by atoms with van der Waals surface area (Å²) < 4.78 is 5.97. The van der Waals surface area contributed by atoms with Crippen molar-refractivity contribution in [1.29, 1.82) is 5.26 Å². The van der Waals surface area contributed by atoms with Gasteiger partial charge in [-0.15, -0.1) is 12.4 Å². The molecule has 0 aliphatic carbocycles. The van der Waals surface area contributed by atoms with E-state index in [2.05, 4.69) is 11.0 Å². The molecule has 0 amide bonds. The normalized spacial score (nSPS) is 27.0. The van der Waals surface area contributed by atoms with Gasteiger partial charge in [-0.2, -0.15) is 5.26 Å². The van der Waals surface area contributed by atoms with Gasteiger partial charge in [-0.05, 0) is 51.9 Å². The van der Waals surface area contributed by atoms with Crippen molar-refractivity contribution in [3.05, 3.63) is 29.3 Å². The second-order valence-electron chi connectivity index (χ2n) is 6.52. The molecule has 0 unspecified atom stereocenters. The van der Waals surface area contributed by atoms with Crippen LogP contribution in [-0.4, -0.2) is 34.8 Å². The van der Waals surface area contributed by atoms with E-state index in [0.717, 1.165) is 37.2 Å². The van der Waals surface area contributed by atoms with Crippen molar-refractivity contribution in [3.8, 4) is 11.8 Å². The summed E-state index contributed by atoms with van der Waals surface area (Å²) in [6.45, 7) is 5.77. The van der Waals surface area contributed by atoms with E-state index in [1.807, 2.05) is 32.0 Å². The summed E-state index contributed by atoms with van der Waals surface area (Å²) in [5.74, 6) is 0.736. The van der Waals surface area contributed by atoms with Crippen molar-refractivity contribution in [1.82, 2.24) is 4.90 Å². The molecule has 0 saturated carbocycles. The van der Waals surface area contributed by atoms with Crippen LogP contribution in [0.2, 0.25) is 0 Å². The van der Waals surface area contributed by atoms with E-state index in [1.165, 1.54) is 6.42 Å². The molecule has 0 radical (unpaired) electrons. The number of halogens is 1. The Balaban J connectivity index is 0.00000176. The van der Waals surface area contributed by atoms with Crippen LogP contribution >= 0.6 is 12.4 Å². The minimum absolute atomic E-state index is 0. The van der Waals surface area contributed by atoms with Gasteiger partial charge >= 0.3 is 0 Å². The third-order valence-corrected chi connectivity index (χ3v) is 4.65. The van der Waals surface area contributed by atoms with E-state index in [1.54, 1.807) is 0 Å². The molecule has 3 rings (SSSR count). The van der Waals surface area contributed by atoms with Gasteiger partial charge in [0.15, 0.2) is 0 Å². The van der Waals surface area contributed by atoms with Crippen molar-refractivity contribution in [2.24, 2.45) is 0 Å². The van der Waals surface area contributed by atoms with E-state index >= 15 is 0 Å². The number of ether oxygens (including phenoxy) is 1. The van der Waals surface area contributed by atoms with Gasteiger partial charge < -0.3 is 9.84 Å². The number of nitrogens with zero attached hydrogens (tertiary/aromatic N) is 2. The van der Waals surface area contributed by atoms with Crippen molar-refractivity contribution in [2.45, 2.75) is 50.9 Å². The highest BCUT2D eigenvalue weighted by molar-refractivity contribution is 5.85. The number of hydrogen-bond acceptors (Lipinski definition) is 4. The summed E-state index contributed by atoms with van der Waals surface area (Å²) in [6, 6.07) is 7.66. The lowest BCUT2D eigenvalue weighted by Gasteiger charge is -2.47. The number of fused-ring (bicyclic) bond motifs is 1. The molecule has 0 spiro atoms. The molecule has 1 aromatic rings. The highest BCUT2D eigenvalue weighted by atomic mass is 35.5. The molecule has 5 heteroatoms. The number of aliphatic hydroxyl groups excluding tert-OH is 1. The Morgan fingerprint density at radius 1 is 1.27 bits per heavy atom. The van der Waals surface area contributed by atoms with Crippen LogP contribution in [0.25, 0.3) is 0 Å². The molecule has 1 fully saturated rings. The van der Waals surface area contributed by atoms with E-state index in [0.29, 0.717) is 5.56 Å². The first-order valence-electron chi connectivity index (χ1n) is 7.69. The molecule has 2 aliphatic heterocycles. The topological polar surface area (TPSA) is 56.5 Å². The number of benzene rings is 1. The Kier molecular flexibility index (Phi) is 5.01. The van der Waals surface area contributed by atoms with Crippen molar-refractivity contribution in [3.63, 3.8) is 0 Å². The molecular weight excluding hydrogens is 300 g/mol. The maximum atomic E-state index is 10.8. The zero-order chi connectivity index (χ0) is 15.0. The van der Waals surface area contributed by atoms with Crippen LogP contribution in [0.5, 0.6) is 5.75 Å². The quantitative estimate of drug-likeness (QED) is 0.863. The fourth-order valence-corrected chi connectivity index (χ4v) is 3.50. The van der Waals surface area contributed by atoms with Crippen LogP contribution in [0, 0.1) is 11.3 Å². The lowest BCUT2D eigenvalue weighted by Crippen LogP contribution is -2.54. The van der Waals surface area contributed by atoms with Gasteiger partial charge in [0, 0.05) is 5.56 Å². The Morgan fingerprint density at radius 3 is 2.59 bits per heavy atom. The lowest BCUT2D eigenvalue weighted by molar-refractivity contribution is -0.0962. The summed E-state index contributed by atoms with van der Waals surface area (Å²) in [5, 5.41) is 20.3. The van der Waals surface area contributed by atoms with Gasteiger partial charge in [0.05, 0.1) is 17.7 Å².